The Balaban J connectivity index is 1.89. The molecule has 0 bridgehead atoms. The monoisotopic (exact) mass is 333 g/mol. The van der Waals surface area contributed by atoms with Crippen LogP contribution >= 0.6 is 0 Å². The maximum Gasteiger partial charge on any atom is 0.258 e. The number of likely N-dealkylation sites (tertiary alicyclic amines) is 1. The van der Waals surface area contributed by atoms with Crippen molar-refractivity contribution in [3.63, 3.8) is 0 Å². The Morgan fingerprint density at radius 3 is 2.71 bits per heavy atom. The van der Waals surface area contributed by atoms with E-state index in [1.807, 2.05) is 45.3 Å². The SMILES string of the molecule is CC(=O)N1C[C@@H](CN(C)C)[C@H](NC(=O)COc2cccc(C)c2)C1. The van der Waals surface area contributed by atoms with Crippen LogP contribution in [0, 0.1) is 12.8 Å². The van der Waals surface area contributed by atoms with Crippen molar-refractivity contribution < 1.29 is 14.3 Å². The van der Waals surface area contributed by atoms with Gasteiger partial charge in [0.1, 0.15) is 5.75 Å². The molecule has 0 spiro atoms. The first-order valence-electron chi connectivity index (χ1n) is 8.24. The summed E-state index contributed by atoms with van der Waals surface area (Å²) in [6.07, 6.45) is 0. The standard InChI is InChI=1S/C18H27N3O3/c1-13-6-5-7-16(8-13)24-12-18(23)19-17-11-21(14(2)22)10-15(17)9-20(3)4/h5-8,15,17H,9-12H2,1-4H3,(H,19,23)/t15-,17-/m1/s1. The van der Waals surface area contributed by atoms with E-state index in [0.29, 0.717) is 18.8 Å². The molecule has 6 nitrogen and oxygen atoms in total. The van der Waals surface area contributed by atoms with Crippen LogP contribution < -0.4 is 10.1 Å². The van der Waals surface area contributed by atoms with Gasteiger partial charge in [-0.15, -0.1) is 0 Å². The van der Waals surface area contributed by atoms with Crippen LogP contribution in [0.25, 0.3) is 0 Å². The highest BCUT2D eigenvalue weighted by molar-refractivity contribution is 5.78. The van der Waals surface area contributed by atoms with Crippen molar-refractivity contribution in [1.82, 2.24) is 15.1 Å². The Labute approximate surface area is 143 Å². The van der Waals surface area contributed by atoms with Gasteiger partial charge in [0.2, 0.25) is 5.91 Å². The first-order valence-corrected chi connectivity index (χ1v) is 8.24. The number of aryl methyl sites for hydroxylation is 1. The minimum Gasteiger partial charge on any atom is -0.484 e. The van der Waals surface area contributed by atoms with Crippen LogP contribution in [0.4, 0.5) is 0 Å². The summed E-state index contributed by atoms with van der Waals surface area (Å²) in [6, 6.07) is 7.58. The zero-order chi connectivity index (χ0) is 17.7. The molecule has 0 radical (unpaired) electrons. The molecular formula is C18H27N3O3. The van der Waals surface area contributed by atoms with Gasteiger partial charge in [0.25, 0.3) is 5.91 Å². The normalized spacial score (nSPS) is 20.3. The summed E-state index contributed by atoms with van der Waals surface area (Å²) in [4.78, 5) is 27.7. The molecule has 0 aliphatic carbocycles. The van der Waals surface area contributed by atoms with Crippen molar-refractivity contribution in [3.05, 3.63) is 29.8 Å². The number of carbonyl (C=O) groups is 2. The molecule has 2 rings (SSSR count). The van der Waals surface area contributed by atoms with Gasteiger partial charge >= 0.3 is 0 Å². The molecule has 132 valence electrons. The van der Waals surface area contributed by atoms with E-state index in [1.165, 1.54) is 0 Å². The van der Waals surface area contributed by atoms with E-state index in [2.05, 4.69) is 10.2 Å². The van der Waals surface area contributed by atoms with Crippen LogP contribution in [-0.2, 0) is 9.59 Å². The highest BCUT2D eigenvalue weighted by Crippen LogP contribution is 2.18. The Morgan fingerprint density at radius 1 is 1.33 bits per heavy atom. The third kappa shape index (κ3) is 5.23. The zero-order valence-electron chi connectivity index (χ0n) is 14.9. The van der Waals surface area contributed by atoms with Gasteiger partial charge < -0.3 is 19.9 Å². The number of hydrogen-bond donors (Lipinski definition) is 1. The summed E-state index contributed by atoms with van der Waals surface area (Å²) >= 11 is 0. The Bertz CT molecular complexity index is 589. The summed E-state index contributed by atoms with van der Waals surface area (Å²) in [7, 11) is 3.99. The lowest BCUT2D eigenvalue weighted by Gasteiger charge is -2.22. The van der Waals surface area contributed by atoms with Gasteiger partial charge in [0.15, 0.2) is 6.61 Å². The molecule has 1 aromatic carbocycles. The molecule has 0 unspecified atom stereocenters. The topological polar surface area (TPSA) is 61.9 Å². The van der Waals surface area contributed by atoms with Crippen molar-refractivity contribution in [2.24, 2.45) is 5.92 Å². The predicted molar refractivity (Wildman–Crippen MR) is 92.9 cm³/mol. The average molecular weight is 333 g/mol. The first kappa shape index (κ1) is 18.3. The molecule has 24 heavy (non-hydrogen) atoms. The summed E-state index contributed by atoms with van der Waals surface area (Å²) < 4.78 is 5.55. The number of amides is 2. The fraction of sp³-hybridized carbons (Fsp3) is 0.556. The highest BCUT2D eigenvalue weighted by Gasteiger charge is 2.35. The molecule has 1 saturated heterocycles. The average Bonchev–Trinajstić information content (AvgIpc) is 2.87. The van der Waals surface area contributed by atoms with E-state index in [-0.39, 0.29) is 30.4 Å². The predicted octanol–water partition coefficient (Wildman–Crippen LogP) is 0.899. The van der Waals surface area contributed by atoms with Crippen LogP contribution in [-0.4, -0.2) is 68.0 Å². The van der Waals surface area contributed by atoms with Crippen molar-refractivity contribution >= 4 is 11.8 Å². The van der Waals surface area contributed by atoms with Crippen molar-refractivity contribution in [3.8, 4) is 5.75 Å². The van der Waals surface area contributed by atoms with E-state index in [1.54, 1.807) is 11.8 Å². The Kier molecular flexibility index (Phi) is 6.20. The van der Waals surface area contributed by atoms with Crippen molar-refractivity contribution in [1.29, 1.82) is 0 Å². The minimum atomic E-state index is -0.157. The molecule has 1 fully saturated rings. The second-order valence-electron chi connectivity index (χ2n) is 6.73. The molecule has 1 aromatic rings. The summed E-state index contributed by atoms with van der Waals surface area (Å²) in [5.74, 6) is 0.806. The van der Waals surface area contributed by atoms with Crippen molar-refractivity contribution in [2.75, 3.05) is 40.3 Å². The molecular weight excluding hydrogens is 306 g/mol. The number of nitrogens with zero attached hydrogens (tertiary/aromatic N) is 2. The van der Waals surface area contributed by atoms with Crippen LogP contribution in [0.1, 0.15) is 12.5 Å². The van der Waals surface area contributed by atoms with E-state index >= 15 is 0 Å². The summed E-state index contributed by atoms with van der Waals surface area (Å²) in [5.41, 5.74) is 1.09. The van der Waals surface area contributed by atoms with E-state index in [4.69, 9.17) is 4.74 Å². The minimum absolute atomic E-state index is 0.0191. The molecule has 0 aromatic heterocycles. The van der Waals surface area contributed by atoms with E-state index < -0.39 is 0 Å². The second-order valence-corrected chi connectivity index (χ2v) is 6.73. The number of ether oxygens (including phenoxy) is 1. The third-order valence-corrected chi connectivity index (χ3v) is 4.19. The number of benzene rings is 1. The molecule has 1 aliphatic heterocycles. The fourth-order valence-corrected chi connectivity index (χ4v) is 3.05. The Hall–Kier alpha value is -2.08. The molecule has 2 atom stereocenters. The molecule has 6 heteroatoms. The van der Waals surface area contributed by atoms with Crippen LogP contribution in [0.15, 0.2) is 24.3 Å². The number of nitrogens with one attached hydrogen (secondary N) is 1. The van der Waals surface area contributed by atoms with Gasteiger partial charge in [-0.25, -0.2) is 0 Å². The quantitative estimate of drug-likeness (QED) is 0.840. The number of hydrogen-bond acceptors (Lipinski definition) is 4. The molecule has 0 saturated carbocycles. The van der Waals surface area contributed by atoms with Gasteiger partial charge in [-0.1, -0.05) is 12.1 Å². The number of carbonyl (C=O) groups excluding carboxylic acids is 2. The lowest BCUT2D eigenvalue weighted by molar-refractivity contribution is -0.128. The maximum atomic E-state index is 12.2. The zero-order valence-corrected chi connectivity index (χ0v) is 14.9. The van der Waals surface area contributed by atoms with Gasteiger partial charge in [-0.2, -0.15) is 0 Å². The van der Waals surface area contributed by atoms with Gasteiger partial charge in [-0.3, -0.25) is 9.59 Å². The highest BCUT2D eigenvalue weighted by atomic mass is 16.5. The largest absolute Gasteiger partial charge is 0.484 e. The van der Waals surface area contributed by atoms with Crippen LogP contribution in [0.3, 0.4) is 0 Å². The molecule has 1 heterocycles. The fourth-order valence-electron chi connectivity index (χ4n) is 3.05. The van der Waals surface area contributed by atoms with E-state index in [0.717, 1.165) is 12.1 Å². The van der Waals surface area contributed by atoms with Crippen LogP contribution in [0.2, 0.25) is 0 Å². The smallest absolute Gasteiger partial charge is 0.258 e. The summed E-state index contributed by atoms with van der Waals surface area (Å²) in [5, 5.41) is 3.02. The summed E-state index contributed by atoms with van der Waals surface area (Å²) in [6.45, 7) is 5.59. The first-order chi connectivity index (χ1) is 11.3. The maximum absolute atomic E-state index is 12.2. The second kappa shape index (κ2) is 8.15. The van der Waals surface area contributed by atoms with Gasteiger partial charge in [0, 0.05) is 32.5 Å². The number of rotatable bonds is 6. The van der Waals surface area contributed by atoms with Gasteiger partial charge in [-0.05, 0) is 38.7 Å². The van der Waals surface area contributed by atoms with Gasteiger partial charge in [0.05, 0.1) is 6.04 Å². The molecule has 2 amide bonds. The molecule has 1 N–H and O–H groups in total. The van der Waals surface area contributed by atoms with Crippen molar-refractivity contribution in [2.45, 2.75) is 19.9 Å². The Morgan fingerprint density at radius 2 is 2.08 bits per heavy atom. The third-order valence-electron chi connectivity index (χ3n) is 4.19. The van der Waals surface area contributed by atoms with Crippen LogP contribution in [0.5, 0.6) is 5.75 Å². The lowest BCUT2D eigenvalue weighted by atomic mass is 10.0. The molecule has 1 aliphatic rings. The lowest BCUT2D eigenvalue weighted by Crippen LogP contribution is -2.45. The van der Waals surface area contributed by atoms with E-state index in [9.17, 15) is 9.59 Å².